The van der Waals surface area contributed by atoms with Crippen LogP contribution in [0.5, 0.6) is 11.8 Å². The fourth-order valence-electron chi connectivity index (χ4n) is 2.93. The summed E-state index contributed by atoms with van der Waals surface area (Å²) in [6.45, 7) is 3.55. The average molecular weight is 468 g/mol. The molecule has 0 radical (unpaired) electrons. The number of benzene rings is 1. The molecule has 2 aromatic heterocycles. The second kappa shape index (κ2) is 10.5. The number of amides is 2. The highest BCUT2D eigenvalue weighted by molar-refractivity contribution is 6.39. The van der Waals surface area contributed by atoms with Gasteiger partial charge in [0.15, 0.2) is 17.2 Å². The second-order valence-electron chi connectivity index (χ2n) is 7.82. The lowest BCUT2D eigenvalue weighted by atomic mass is 10.0. The fraction of sp³-hybridized carbons (Fsp3) is 0.261. The van der Waals surface area contributed by atoms with Crippen LogP contribution < -0.4 is 20.1 Å². The third-order valence-corrected chi connectivity index (χ3v) is 4.68. The number of oxazole rings is 1. The van der Waals surface area contributed by atoms with Gasteiger partial charge in [-0.15, -0.1) is 0 Å². The maximum absolute atomic E-state index is 12.4. The number of aromatic nitrogens is 2. The Morgan fingerprint density at radius 3 is 2.62 bits per heavy atom. The normalized spacial score (nSPS) is 10.9. The van der Waals surface area contributed by atoms with Gasteiger partial charge in [-0.2, -0.15) is 4.98 Å². The Labute approximate surface area is 195 Å². The maximum atomic E-state index is 12.4. The van der Waals surface area contributed by atoms with E-state index in [9.17, 15) is 14.4 Å². The molecule has 0 aliphatic rings. The molecule has 0 spiro atoms. The highest BCUT2D eigenvalue weighted by Crippen LogP contribution is 2.25. The fourth-order valence-corrected chi connectivity index (χ4v) is 2.93. The predicted octanol–water partition coefficient (Wildman–Crippen LogP) is 2.75. The van der Waals surface area contributed by atoms with E-state index in [0.29, 0.717) is 23.4 Å². The number of aromatic carboxylic acids is 1. The van der Waals surface area contributed by atoms with E-state index < -0.39 is 23.3 Å². The van der Waals surface area contributed by atoms with Gasteiger partial charge in [-0.3, -0.25) is 9.59 Å². The Bertz CT molecular complexity index is 1190. The molecule has 2 amide bonds. The number of carboxylic acids is 1. The molecule has 2 heterocycles. The van der Waals surface area contributed by atoms with Gasteiger partial charge in [-0.25, -0.2) is 9.78 Å². The molecule has 0 bridgehead atoms. The number of anilines is 1. The first-order valence-corrected chi connectivity index (χ1v) is 10.2. The van der Waals surface area contributed by atoms with Gasteiger partial charge < -0.3 is 29.6 Å². The van der Waals surface area contributed by atoms with Crippen LogP contribution in [0.25, 0.3) is 11.3 Å². The van der Waals surface area contributed by atoms with Crippen LogP contribution in [0.1, 0.15) is 30.8 Å². The molecule has 0 saturated carbocycles. The highest BCUT2D eigenvalue weighted by atomic mass is 16.6. The van der Waals surface area contributed by atoms with Crippen LogP contribution >= 0.6 is 0 Å². The quantitative estimate of drug-likeness (QED) is 0.402. The number of hydrogen-bond donors (Lipinski definition) is 3. The Morgan fingerprint density at radius 2 is 1.91 bits per heavy atom. The predicted molar refractivity (Wildman–Crippen MR) is 121 cm³/mol. The van der Waals surface area contributed by atoms with Crippen molar-refractivity contribution in [3.63, 3.8) is 0 Å². The van der Waals surface area contributed by atoms with Crippen LogP contribution in [0.2, 0.25) is 0 Å². The van der Waals surface area contributed by atoms with Crippen molar-refractivity contribution in [2.24, 2.45) is 0 Å². The smallest absolute Gasteiger partial charge is 0.393 e. The molecule has 11 heteroatoms. The summed E-state index contributed by atoms with van der Waals surface area (Å²) in [5, 5.41) is 14.4. The Kier molecular flexibility index (Phi) is 7.46. The molecular weight excluding hydrogens is 444 g/mol. The largest absolute Gasteiger partial charge is 0.491 e. The first-order chi connectivity index (χ1) is 16.2. The van der Waals surface area contributed by atoms with Crippen molar-refractivity contribution in [3.05, 3.63) is 54.5 Å². The van der Waals surface area contributed by atoms with Gasteiger partial charge in [-0.1, -0.05) is 12.1 Å². The number of methoxy groups -OCH3 is 1. The summed E-state index contributed by atoms with van der Waals surface area (Å²) in [7, 11) is 1.44. The first kappa shape index (κ1) is 24.2. The number of ether oxygens (including phenoxy) is 2. The van der Waals surface area contributed by atoms with Crippen LogP contribution in [0, 0.1) is 0 Å². The number of pyridine rings is 1. The third-order valence-electron chi connectivity index (χ3n) is 4.68. The zero-order valence-electron chi connectivity index (χ0n) is 18.8. The van der Waals surface area contributed by atoms with E-state index >= 15 is 0 Å². The number of carbonyl (C=O) groups excluding carboxylic acids is 2. The summed E-state index contributed by atoms with van der Waals surface area (Å²) in [5.74, 6) is -2.31. The van der Waals surface area contributed by atoms with Gasteiger partial charge in [0, 0.05) is 29.4 Å². The minimum Gasteiger partial charge on any atom is -0.491 e. The zero-order valence-corrected chi connectivity index (χ0v) is 18.8. The molecule has 0 fully saturated rings. The summed E-state index contributed by atoms with van der Waals surface area (Å²) < 4.78 is 15.8. The number of nitrogens with zero attached hydrogens (tertiary/aromatic N) is 2. The van der Waals surface area contributed by atoms with Crippen LogP contribution in [0.3, 0.4) is 0 Å². The van der Waals surface area contributed by atoms with Crippen LogP contribution in [0.15, 0.2) is 53.2 Å². The molecule has 1 aromatic carbocycles. The first-order valence-electron chi connectivity index (χ1n) is 10.2. The van der Waals surface area contributed by atoms with Crippen molar-refractivity contribution in [3.8, 4) is 23.1 Å². The molecule has 0 aliphatic carbocycles. The standard InChI is InChI=1S/C23H24N4O7/c1-23(2,9-11-33-16-8-5-10-24-18(16)21(30)31)27-20(29)19(28)26-15-7-4-6-14(12-15)17-13-25-22(32-3)34-17/h4-8,10,12-13H,9,11H2,1-3H3,(H,26,28)(H,27,29)(H,30,31). The molecule has 3 aromatic rings. The van der Waals surface area contributed by atoms with Crippen molar-refractivity contribution in [1.82, 2.24) is 15.3 Å². The van der Waals surface area contributed by atoms with Crippen molar-refractivity contribution >= 4 is 23.5 Å². The van der Waals surface area contributed by atoms with Crippen LogP contribution in [-0.4, -0.2) is 52.1 Å². The van der Waals surface area contributed by atoms with Gasteiger partial charge in [-0.05, 0) is 38.1 Å². The Hall–Kier alpha value is -4.41. The number of nitrogens with one attached hydrogen (secondary N) is 2. The Morgan fingerprint density at radius 1 is 1.12 bits per heavy atom. The van der Waals surface area contributed by atoms with Crippen molar-refractivity contribution < 1.29 is 33.4 Å². The summed E-state index contributed by atoms with van der Waals surface area (Å²) >= 11 is 0. The van der Waals surface area contributed by atoms with Gasteiger partial charge >= 0.3 is 23.9 Å². The number of hydrogen-bond acceptors (Lipinski definition) is 8. The van der Waals surface area contributed by atoms with E-state index in [1.54, 1.807) is 44.2 Å². The highest BCUT2D eigenvalue weighted by Gasteiger charge is 2.25. The topological polar surface area (TPSA) is 153 Å². The summed E-state index contributed by atoms with van der Waals surface area (Å²) in [5.41, 5.74) is 0.0300. The molecule has 11 nitrogen and oxygen atoms in total. The van der Waals surface area contributed by atoms with Gasteiger partial charge in [0.1, 0.15) is 0 Å². The minimum atomic E-state index is -1.20. The third kappa shape index (κ3) is 6.31. The molecular formula is C23H24N4O7. The van der Waals surface area contributed by atoms with Crippen LogP contribution in [-0.2, 0) is 9.59 Å². The molecule has 0 saturated heterocycles. The lowest BCUT2D eigenvalue weighted by Gasteiger charge is -2.26. The molecule has 178 valence electrons. The van der Waals surface area contributed by atoms with E-state index in [1.165, 1.54) is 25.6 Å². The van der Waals surface area contributed by atoms with Gasteiger partial charge in [0.05, 0.1) is 19.9 Å². The number of rotatable bonds is 9. The van der Waals surface area contributed by atoms with Gasteiger partial charge in [0.25, 0.3) is 0 Å². The molecule has 0 unspecified atom stereocenters. The average Bonchev–Trinajstić information content (AvgIpc) is 3.28. The molecule has 3 N–H and O–H groups in total. The number of carboxylic acid groups (broad SMARTS) is 1. The van der Waals surface area contributed by atoms with E-state index in [1.807, 2.05) is 0 Å². The van der Waals surface area contributed by atoms with Crippen molar-refractivity contribution in [2.75, 3.05) is 19.0 Å². The summed E-state index contributed by atoms with van der Waals surface area (Å²) in [6, 6.07) is 9.79. The van der Waals surface area contributed by atoms with Crippen molar-refractivity contribution in [1.29, 1.82) is 0 Å². The molecule has 3 rings (SSSR count). The molecule has 0 atom stereocenters. The minimum absolute atomic E-state index is 0.101. The SMILES string of the molecule is COc1ncc(-c2cccc(NC(=O)C(=O)NC(C)(C)CCOc3cccnc3C(=O)O)c2)o1. The van der Waals surface area contributed by atoms with E-state index in [4.69, 9.17) is 19.0 Å². The monoisotopic (exact) mass is 468 g/mol. The zero-order chi connectivity index (χ0) is 24.7. The molecule has 34 heavy (non-hydrogen) atoms. The van der Waals surface area contributed by atoms with E-state index in [2.05, 4.69) is 20.6 Å². The number of carbonyl (C=O) groups is 3. The van der Waals surface area contributed by atoms with E-state index in [-0.39, 0.29) is 24.1 Å². The van der Waals surface area contributed by atoms with Crippen molar-refractivity contribution in [2.45, 2.75) is 25.8 Å². The lowest BCUT2D eigenvalue weighted by Crippen LogP contribution is -2.48. The molecule has 0 aliphatic heterocycles. The summed E-state index contributed by atoms with van der Waals surface area (Å²) in [4.78, 5) is 43.8. The van der Waals surface area contributed by atoms with Gasteiger partial charge in [0.2, 0.25) is 0 Å². The lowest BCUT2D eigenvalue weighted by molar-refractivity contribution is -0.137. The van der Waals surface area contributed by atoms with Crippen LogP contribution in [0.4, 0.5) is 5.69 Å². The summed E-state index contributed by atoms with van der Waals surface area (Å²) in [6.07, 6.45) is 3.26. The Balaban J connectivity index is 1.55. The van der Waals surface area contributed by atoms with E-state index in [0.717, 1.165) is 0 Å². The maximum Gasteiger partial charge on any atom is 0.393 e. The second-order valence-corrected chi connectivity index (χ2v) is 7.82.